The molecule has 0 bridgehead atoms. The second-order valence-corrected chi connectivity index (χ2v) is 2.65. The molecule has 0 fully saturated rings. The first-order valence-electron chi connectivity index (χ1n) is 3.61. The highest BCUT2D eigenvalue weighted by atomic mass is 16.3. The Morgan fingerprint density at radius 1 is 1.50 bits per heavy atom. The lowest BCUT2D eigenvalue weighted by Crippen LogP contribution is -2.26. The minimum absolute atomic E-state index is 0.626. The van der Waals surface area contributed by atoms with Crippen molar-refractivity contribution in [1.82, 2.24) is 0 Å². The van der Waals surface area contributed by atoms with Gasteiger partial charge >= 0.3 is 0 Å². The Morgan fingerprint density at radius 3 is 2.30 bits per heavy atom. The van der Waals surface area contributed by atoms with Crippen LogP contribution in [0.4, 0.5) is 0 Å². The van der Waals surface area contributed by atoms with Crippen LogP contribution in [0.3, 0.4) is 0 Å². The van der Waals surface area contributed by atoms with Crippen molar-refractivity contribution in [2.45, 2.75) is 38.9 Å². The average Bonchev–Trinajstić information content (AvgIpc) is 1.87. The molecule has 2 unspecified atom stereocenters. The minimum atomic E-state index is -0.750. The van der Waals surface area contributed by atoms with Gasteiger partial charge < -0.3 is 10.2 Å². The molecule has 0 aromatic rings. The Hall–Kier alpha value is -0.340. The van der Waals surface area contributed by atoms with Crippen molar-refractivity contribution in [3.63, 3.8) is 0 Å². The molecule has 0 rings (SSSR count). The van der Waals surface area contributed by atoms with Gasteiger partial charge in [0, 0.05) is 0 Å². The fraction of sp³-hybridized carbons (Fsp3) is 0.750. The molecule has 0 aliphatic carbocycles. The summed E-state index contributed by atoms with van der Waals surface area (Å²) in [5.41, 5.74) is 0.626. The van der Waals surface area contributed by atoms with Gasteiger partial charge in [-0.3, -0.25) is 0 Å². The van der Waals surface area contributed by atoms with Crippen LogP contribution >= 0.6 is 0 Å². The highest BCUT2D eigenvalue weighted by Gasteiger charge is 2.14. The maximum absolute atomic E-state index is 9.18. The normalized spacial score (nSPS) is 16.4. The van der Waals surface area contributed by atoms with Gasteiger partial charge in [-0.2, -0.15) is 0 Å². The molecular formula is C8H16O2. The van der Waals surface area contributed by atoms with Crippen LogP contribution in [0.25, 0.3) is 0 Å². The zero-order chi connectivity index (χ0) is 8.15. The largest absolute Gasteiger partial charge is 0.390 e. The van der Waals surface area contributed by atoms with Crippen LogP contribution in [0.15, 0.2) is 12.2 Å². The predicted molar refractivity (Wildman–Crippen MR) is 41.7 cm³/mol. The molecule has 0 amide bonds. The van der Waals surface area contributed by atoms with Gasteiger partial charge in [-0.25, -0.2) is 0 Å². The monoisotopic (exact) mass is 144 g/mol. The third-order valence-corrected chi connectivity index (χ3v) is 1.45. The summed E-state index contributed by atoms with van der Waals surface area (Å²) in [5, 5.41) is 18.4. The van der Waals surface area contributed by atoms with Gasteiger partial charge in [0.2, 0.25) is 0 Å². The summed E-state index contributed by atoms with van der Waals surface area (Å²) in [4.78, 5) is 0. The summed E-state index contributed by atoms with van der Waals surface area (Å²) in [6.07, 6.45) is 0.127. The molecule has 2 N–H and O–H groups in total. The van der Waals surface area contributed by atoms with Gasteiger partial charge in [0.15, 0.2) is 0 Å². The second-order valence-electron chi connectivity index (χ2n) is 2.65. The van der Waals surface area contributed by atoms with Crippen molar-refractivity contribution in [2.24, 2.45) is 0 Å². The fourth-order valence-electron chi connectivity index (χ4n) is 0.782. The first-order valence-corrected chi connectivity index (χ1v) is 3.61. The Bertz CT molecular complexity index is 110. The van der Waals surface area contributed by atoms with Gasteiger partial charge in [-0.15, -0.1) is 0 Å². The molecule has 2 nitrogen and oxygen atoms in total. The molecule has 2 heteroatoms. The molecule has 0 aromatic heterocycles. The summed E-state index contributed by atoms with van der Waals surface area (Å²) in [7, 11) is 0. The summed E-state index contributed by atoms with van der Waals surface area (Å²) < 4.78 is 0. The quantitative estimate of drug-likeness (QED) is 0.580. The Labute approximate surface area is 62.2 Å². The van der Waals surface area contributed by atoms with Crippen LogP contribution in [-0.4, -0.2) is 22.4 Å². The van der Waals surface area contributed by atoms with E-state index in [1.807, 2.05) is 6.92 Å². The van der Waals surface area contributed by atoms with Crippen LogP contribution < -0.4 is 0 Å². The van der Waals surface area contributed by atoms with Gasteiger partial charge in [0.1, 0.15) is 6.10 Å². The molecule has 0 heterocycles. The first kappa shape index (κ1) is 9.66. The number of hydrogen-bond acceptors (Lipinski definition) is 2. The van der Waals surface area contributed by atoms with E-state index >= 15 is 0 Å². The van der Waals surface area contributed by atoms with E-state index in [9.17, 15) is 10.2 Å². The maximum atomic E-state index is 9.18. The SMILES string of the molecule is C=C(C)C(O)C(O)CCC. The lowest BCUT2D eigenvalue weighted by molar-refractivity contribution is 0.0364. The van der Waals surface area contributed by atoms with E-state index in [0.29, 0.717) is 12.0 Å². The van der Waals surface area contributed by atoms with E-state index in [1.54, 1.807) is 6.92 Å². The van der Waals surface area contributed by atoms with Gasteiger partial charge in [0.05, 0.1) is 6.10 Å². The number of hydrogen-bond donors (Lipinski definition) is 2. The van der Waals surface area contributed by atoms with E-state index in [-0.39, 0.29) is 0 Å². The Balaban J connectivity index is 3.69. The molecule has 0 spiro atoms. The Morgan fingerprint density at radius 2 is 2.00 bits per heavy atom. The second kappa shape index (κ2) is 4.47. The average molecular weight is 144 g/mol. The highest BCUT2D eigenvalue weighted by molar-refractivity contribution is 4.99. The molecular weight excluding hydrogens is 128 g/mol. The van der Waals surface area contributed by atoms with E-state index in [4.69, 9.17) is 0 Å². The molecule has 10 heavy (non-hydrogen) atoms. The van der Waals surface area contributed by atoms with E-state index in [1.165, 1.54) is 0 Å². The smallest absolute Gasteiger partial charge is 0.100 e. The molecule has 0 saturated carbocycles. The molecule has 0 saturated heterocycles. The van der Waals surface area contributed by atoms with Crippen molar-refractivity contribution < 1.29 is 10.2 Å². The molecule has 0 radical (unpaired) electrons. The first-order chi connectivity index (χ1) is 4.59. The van der Waals surface area contributed by atoms with Crippen molar-refractivity contribution in [3.05, 3.63) is 12.2 Å². The van der Waals surface area contributed by atoms with E-state index in [2.05, 4.69) is 6.58 Å². The van der Waals surface area contributed by atoms with Crippen molar-refractivity contribution in [2.75, 3.05) is 0 Å². The van der Waals surface area contributed by atoms with Crippen molar-refractivity contribution >= 4 is 0 Å². The molecule has 2 atom stereocenters. The van der Waals surface area contributed by atoms with Crippen molar-refractivity contribution in [1.29, 1.82) is 0 Å². The van der Waals surface area contributed by atoms with Crippen LogP contribution in [-0.2, 0) is 0 Å². The van der Waals surface area contributed by atoms with Gasteiger partial charge in [-0.05, 0) is 18.9 Å². The van der Waals surface area contributed by atoms with Crippen LogP contribution in [0.1, 0.15) is 26.7 Å². The molecule has 0 aliphatic heterocycles. The number of aliphatic hydroxyl groups is 2. The fourth-order valence-corrected chi connectivity index (χ4v) is 0.782. The van der Waals surface area contributed by atoms with E-state index < -0.39 is 12.2 Å². The number of aliphatic hydroxyl groups excluding tert-OH is 2. The minimum Gasteiger partial charge on any atom is -0.390 e. The molecule has 0 aromatic carbocycles. The van der Waals surface area contributed by atoms with Crippen LogP contribution in [0.2, 0.25) is 0 Å². The lowest BCUT2D eigenvalue weighted by Gasteiger charge is -2.16. The van der Waals surface area contributed by atoms with Crippen LogP contribution in [0.5, 0.6) is 0 Å². The van der Waals surface area contributed by atoms with Crippen molar-refractivity contribution in [3.8, 4) is 0 Å². The molecule has 60 valence electrons. The third kappa shape index (κ3) is 2.99. The van der Waals surface area contributed by atoms with Gasteiger partial charge in [0.25, 0.3) is 0 Å². The van der Waals surface area contributed by atoms with E-state index in [0.717, 1.165) is 6.42 Å². The number of rotatable bonds is 4. The Kier molecular flexibility index (Phi) is 4.32. The topological polar surface area (TPSA) is 40.5 Å². The summed E-state index contributed by atoms with van der Waals surface area (Å²) in [5.74, 6) is 0. The zero-order valence-electron chi connectivity index (χ0n) is 6.67. The lowest BCUT2D eigenvalue weighted by atomic mass is 10.0. The third-order valence-electron chi connectivity index (χ3n) is 1.45. The summed E-state index contributed by atoms with van der Waals surface area (Å²) in [6, 6.07) is 0. The summed E-state index contributed by atoms with van der Waals surface area (Å²) >= 11 is 0. The summed E-state index contributed by atoms with van der Waals surface area (Å²) in [6.45, 7) is 7.23. The van der Waals surface area contributed by atoms with Gasteiger partial charge in [-0.1, -0.05) is 19.9 Å². The maximum Gasteiger partial charge on any atom is 0.100 e. The molecule has 0 aliphatic rings. The van der Waals surface area contributed by atoms with Crippen LogP contribution in [0, 0.1) is 0 Å². The highest BCUT2D eigenvalue weighted by Crippen LogP contribution is 2.08. The predicted octanol–water partition coefficient (Wildman–Crippen LogP) is 1.08. The zero-order valence-corrected chi connectivity index (χ0v) is 6.67. The standard InChI is InChI=1S/C8H16O2/c1-4-5-7(9)8(10)6(2)3/h7-10H,2,4-5H2,1,3H3.